The molecule has 1 N–H and O–H groups in total. The molecule has 0 radical (unpaired) electrons. The number of aromatic nitrogens is 1. The first kappa shape index (κ1) is 13.2. The molecule has 3 aromatic rings. The summed E-state index contributed by atoms with van der Waals surface area (Å²) in [5.74, 6) is -0.217. The summed E-state index contributed by atoms with van der Waals surface area (Å²) in [4.78, 5) is 0. The molecule has 0 aliphatic heterocycles. The van der Waals surface area contributed by atoms with E-state index in [2.05, 4.69) is 44.1 Å². The molecule has 2 aromatic carbocycles. The Morgan fingerprint density at radius 3 is 2.65 bits per heavy atom. The van der Waals surface area contributed by atoms with Gasteiger partial charge in [0.05, 0.1) is 5.69 Å². The average Bonchev–Trinajstić information content (AvgIpc) is 2.78. The van der Waals surface area contributed by atoms with Gasteiger partial charge in [0.25, 0.3) is 0 Å². The minimum absolute atomic E-state index is 0.217. The van der Waals surface area contributed by atoms with Crippen LogP contribution >= 0.6 is 15.9 Å². The van der Waals surface area contributed by atoms with Crippen LogP contribution in [0.4, 0.5) is 10.1 Å². The number of nitrogens with one attached hydrogen (secondary N) is 1. The van der Waals surface area contributed by atoms with E-state index in [0.29, 0.717) is 12.2 Å². The van der Waals surface area contributed by atoms with Gasteiger partial charge in [0.2, 0.25) is 0 Å². The number of rotatable bonds is 4. The maximum Gasteiger partial charge on any atom is 0.146 e. The van der Waals surface area contributed by atoms with Gasteiger partial charge in [-0.3, -0.25) is 0 Å². The maximum absolute atomic E-state index is 13.5. The zero-order valence-corrected chi connectivity index (χ0v) is 12.4. The molecule has 102 valence electrons. The van der Waals surface area contributed by atoms with Crippen molar-refractivity contribution in [3.8, 4) is 0 Å². The molecular formula is C16H14BrFN2. The minimum atomic E-state index is -0.217. The van der Waals surface area contributed by atoms with E-state index in [1.165, 1.54) is 17.0 Å². The predicted molar refractivity (Wildman–Crippen MR) is 84.5 cm³/mol. The molecule has 0 amide bonds. The second kappa shape index (κ2) is 5.67. The van der Waals surface area contributed by atoms with Gasteiger partial charge in [-0.15, -0.1) is 0 Å². The Hall–Kier alpha value is -1.81. The van der Waals surface area contributed by atoms with Crippen LogP contribution in [-0.4, -0.2) is 11.1 Å². The van der Waals surface area contributed by atoms with Crippen LogP contribution in [0.2, 0.25) is 0 Å². The van der Waals surface area contributed by atoms with Gasteiger partial charge in [-0.2, -0.15) is 0 Å². The summed E-state index contributed by atoms with van der Waals surface area (Å²) in [5.41, 5.74) is 1.72. The van der Waals surface area contributed by atoms with Crippen molar-refractivity contribution in [1.29, 1.82) is 0 Å². The molecule has 20 heavy (non-hydrogen) atoms. The number of halogens is 2. The number of benzene rings is 2. The lowest BCUT2D eigenvalue weighted by Crippen LogP contribution is -2.10. The normalized spacial score (nSPS) is 10.9. The topological polar surface area (TPSA) is 17.0 Å². The van der Waals surface area contributed by atoms with Crippen molar-refractivity contribution < 1.29 is 4.39 Å². The van der Waals surface area contributed by atoms with Gasteiger partial charge < -0.3 is 9.88 Å². The molecule has 4 heteroatoms. The van der Waals surface area contributed by atoms with Crippen molar-refractivity contribution in [3.05, 3.63) is 65.0 Å². The first-order chi connectivity index (χ1) is 9.75. The number of fused-ring (bicyclic) bond motifs is 1. The van der Waals surface area contributed by atoms with Gasteiger partial charge in [0.1, 0.15) is 5.82 Å². The Kier molecular flexibility index (Phi) is 3.74. The third-order valence-electron chi connectivity index (χ3n) is 3.28. The molecule has 0 aliphatic rings. The molecule has 3 rings (SSSR count). The van der Waals surface area contributed by atoms with E-state index in [-0.39, 0.29) is 5.82 Å². The van der Waals surface area contributed by atoms with Crippen LogP contribution in [0.3, 0.4) is 0 Å². The van der Waals surface area contributed by atoms with Gasteiger partial charge in [-0.25, -0.2) is 4.39 Å². The lowest BCUT2D eigenvalue weighted by Gasteiger charge is -2.09. The zero-order valence-electron chi connectivity index (χ0n) is 10.8. The molecule has 1 aromatic heterocycles. The molecular weight excluding hydrogens is 319 g/mol. The molecule has 0 spiro atoms. The van der Waals surface area contributed by atoms with E-state index < -0.39 is 0 Å². The molecule has 0 fully saturated rings. The molecule has 0 unspecified atom stereocenters. The van der Waals surface area contributed by atoms with Gasteiger partial charge in [-0.05, 0) is 34.1 Å². The van der Waals surface area contributed by atoms with Crippen molar-refractivity contribution in [2.75, 3.05) is 11.9 Å². The summed E-state index contributed by atoms with van der Waals surface area (Å²) < 4.78 is 16.7. The zero-order chi connectivity index (χ0) is 13.9. The Balaban J connectivity index is 1.73. The molecule has 2 nitrogen and oxygen atoms in total. The largest absolute Gasteiger partial charge is 0.381 e. The Labute approximate surface area is 125 Å². The third kappa shape index (κ3) is 2.56. The van der Waals surface area contributed by atoms with Crippen molar-refractivity contribution >= 4 is 32.5 Å². The summed E-state index contributed by atoms with van der Waals surface area (Å²) in [6.45, 7) is 1.45. The fourth-order valence-corrected chi connectivity index (χ4v) is 2.88. The van der Waals surface area contributed by atoms with Crippen molar-refractivity contribution in [1.82, 2.24) is 4.57 Å². The van der Waals surface area contributed by atoms with Gasteiger partial charge in [0, 0.05) is 34.7 Å². The number of hydrogen-bond donors (Lipinski definition) is 1. The summed E-state index contributed by atoms with van der Waals surface area (Å²) >= 11 is 3.56. The molecule has 0 aliphatic carbocycles. The van der Waals surface area contributed by atoms with E-state index in [9.17, 15) is 4.39 Å². The van der Waals surface area contributed by atoms with Crippen LogP contribution in [0.5, 0.6) is 0 Å². The lowest BCUT2D eigenvalue weighted by molar-refractivity contribution is 0.628. The molecule has 0 saturated carbocycles. The number of hydrogen-bond acceptors (Lipinski definition) is 1. The fraction of sp³-hybridized carbons (Fsp3) is 0.125. The second-order valence-corrected chi connectivity index (χ2v) is 5.45. The Morgan fingerprint density at radius 2 is 1.80 bits per heavy atom. The van der Waals surface area contributed by atoms with Gasteiger partial charge >= 0.3 is 0 Å². The predicted octanol–water partition coefficient (Wildman–Crippen LogP) is 4.66. The van der Waals surface area contributed by atoms with Crippen LogP contribution in [0.25, 0.3) is 10.9 Å². The highest BCUT2D eigenvalue weighted by Gasteiger charge is 2.05. The maximum atomic E-state index is 13.5. The molecule has 1 heterocycles. The molecule has 0 bridgehead atoms. The first-order valence-electron chi connectivity index (χ1n) is 6.47. The van der Waals surface area contributed by atoms with Crippen molar-refractivity contribution in [2.45, 2.75) is 6.54 Å². The summed E-state index contributed by atoms with van der Waals surface area (Å²) in [5, 5.41) is 4.32. The van der Waals surface area contributed by atoms with E-state index in [0.717, 1.165) is 11.0 Å². The standard InChI is InChI=1S/C16H14BrFN2/c17-13-11-20(16-8-4-1-5-12(13)16)10-9-19-15-7-3-2-6-14(15)18/h1-8,11,19H,9-10H2. The highest BCUT2D eigenvalue weighted by atomic mass is 79.9. The van der Waals surface area contributed by atoms with Gasteiger partial charge in [0.15, 0.2) is 0 Å². The second-order valence-electron chi connectivity index (χ2n) is 4.59. The van der Waals surface area contributed by atoms with Crippen molar-refractivity contribution in [3.63, 3.8) is 0 Å². The molecule has 0 atom stereocenters. The fourth-order valence-electron chi connectivity index (χ4n) is 2.30. The van der Waals surface area contributed by atoms with Gasteiger partial charge in [-0.1, -0.05) is 30.3 Å². The Bertz CT molecular complexity index is 736. The van der Waals surface area contributed by atoms with Crippen LogP contribution in [0.1, 0.15) is 0 Å². The minimum Gasteiger partial charge on any atom is -0.381 e. The van der Waals surface area contributed by atoms with E-state index in [4.69, 9.17) is 0 Å². The number of nitrogens with zero attached hydrogens (tertiary/aromatic N) is 1. The quantitative estimate of drug-likeness (QED) is 0.735. The average molecular weight is 333 g/mol. The highest BCUT2D eigenvalue weighted by Crippen LogP contribution is 2.25. The van der Waals surface area contributed by atoms with Crippen LogP contribution in [0.15, 0.2) is 59.2 Å². The van der Waals surface area contributed by atoms with Crippen LogP contribution in [-0.2, 0) is 6.54 Å². The summed E-state index contributed by atoms with van der Waals surface area (Å²) in [6.07, 6.45) is 2.06. The third-order valence-corrected chi connectivity index (χ3v) is 3.91. The SMILES string of the molecule is Fc1ccccc1NCCn1cc(Br)c2ccccc21. The number of para-hydroxylation sites is 2. The highest BCUT2D eigenvalue weighted by molar-refractivity contribution is 9.10. The van der Waals surface area contributed by atoms with E-state index in [1.807, 2.05) is 18.2 Å². The van der Waals surface area contributed by atoms with Crippen molar-refractivity contribution in [2.24, 2.45) is 0 Å². The van der Waals surface area contributed by atoms with E-state index >= 15 is 0 Å². The summed E-state index contributed by atoms with van der Waals surface area (Å²) in [6, 6.07) is 14.9. The first-order valence-corrected chi connectivity index (χ1v) is 7.27. The lowest BCUT2D eigenvalue weighted by atomic mass is 10.2. The van der Waals surface area contributed by atoms with Crippen LogP contribution in [0, 0.1) is 5.82 Å². The monoisotopic (exact) mass is 332 g/mol. The number of anilines is 1. The Morgan fingerprint density at radius 1 is 1.05 bits per heavy atom. The molecule has 0 saturated heterocycles. The summed E-state index contributed by atoms with van der Waals surface area (Å²) in [7, 11) is 0. The van der Waals surface area contributed by atoms with E-state index in [1.54, 1.807) is 12.1 Å². The van der Waals surface area contributed by atoms with Crippen LogP contribution < -0.4 is 5.32 Å². The smallest absolute Gasteiger partial charge is 0.146 e.